The van der Waals surface area contributed by atoms with E-state index in [9.17, 15) is 4.79 Å². The zero-order valence-corrected chi connectivity index (χ0v) is 7.72. The lowest BCUT2D eigenvalue weighted by atomic mass is 10.0. The molecule has 0 saturated heterocycles. The molecule has 0 heterocycles. The summed E-state index contributed by atoms with van der Waals surface area (Å²) in [5.74, 6) is 0.544. The fourth-order valence-electron chi connectivity index (χ4n) is 0.603. The molecule has 0 amide bonds. The largest absolute Gasteiger partial charge is 0.290 e. The van der Waals surface area contributed by atoms with Crippen molar-refractivity contribution in [2.24, 2.45) is 5.92 Å². The summed E-state index contributed by atoms with van der Waals surface area (Å²) in [6.07, 6.45) is 5.02. The number of rotatable bonds is 3. The molecule has 0 bridgehead atoms. The van der Waals surface area contributed by atoms with Crippen LogP contribution in [0, 0.1) is 5.92 Å². The molecule has 11 heavy (non-hydrogen) atoms. The van der Waals surface area contributed by atoms with Gasteiger partial charge >= 0.3 is 0 Å². The zero-order valence-electron chi connectivity index (χ0n) is 7.72. The van der Waals surface area contributed by atoms with Gasteiger partial charge in [-0.3, -0.25) is 4.79 Å². The highest BCUT2D eigenvalue weighted by Gasteiger charge is 1.97. The summed E-state index contributed by atoms with van der Waals surface area (Å²) in [4.78, 5) is 11.0. The molecule has 0 rings (SSSR count). The molecule has 0 unspecified atom stereocenters. The second kappa shape index (κ2) is 4.89. The molecule has 0 aromatic carbocycles. The van der Waals surface area contributed by atoms with Crippen LogP contribution >= 0.6 is 0 Å². The number of ketones is 1. The van der Waals surface area contributed by atoms with Crippen LogP contribution in [0.3, 0.4) is 0 Å². The minimum atomic E-state index is 0.0821. The van der Waals surface area contributed by atoms with Gasteiger partial charge in [-0.05, 0) is 31.9 Å². The molecule has 62 valence electrons. The lowest BCUT2D eigenvalue weighted by Gasteiger charge is -2.01. The average molecular weight is 152 g/mol. The Morgan fingerprint density at radius 1 is 1.36 bits per heavy atom. The number of carbonyl (C=O) groups is 1. The summed E-state index contributed by atoms with van der Waals surface area (Å²) in [6.45, 7) is 7.98. The second-order valence-corrected chi connectivity index (χ2v) is 2.95. The number of hydrogen-bond acceptors (Lipinski definition) is 1. The van der Waals surface area contributed by atoms with Gasteiger partial charge in [-0.2, -0.15) is 0 Å². The Balaban J connectivity index is 4.19. The molecule has 0 N–H and O–H groups in total. The van der Waals surface area contributed by atoms with Gasteiger partial charge in [-0.1, -0.05) is 25.5 Å². The molecular formula is C10H16O. The van der Waals surface area contributed by atoms with Crippen molar-refractivity contribution in [3.63, 3.8) is 0 Å². The Morgan fingerprint density at radius 2 is 1.91 bits per heavy atom. The Kier molecular flexibility index (Phi) is 4.51. The van der Waals surface area contributed by atoms with Gasteiger partial charge in [-0.15, -0.1) is 0 Å². The van der Waals surface area contributed by atoms with Crippen LogP contribution in [0.25, 0.3) is 0 Å². The lowest BCUT2D eigenvalue weighted by molar-refractivity contribution is -0.110. The van der Waals surface area contributed by atoms with E-state index in [0.717, 1.165) is 5.57 Å². The van der Waals surface area contributed by atoms with Crippen molar-refractivity contribution in [1.82, 2.24) is 0 Å². The van der Waals surface area contributed by atoms with Gasteiger partial charge < -0.3 is 0 Å². The van der Waals surface area contributed by atoms with Gasteiger partial charge in [0.2, 0.25) is 0 Å². The van der Waals surface area contributed by atoms with E-state index in [4.69, 9.17) is 0 Å². The van der Waals surface area contributed by atoms with Crippen molar-refractivity contribution in [3.05, 3.63) is 23.8 Å². The fraction of sp³-hybridized carbons (Fsp3) is 0.500. The van der Waals surface area contributed by atoms with E-state index in [1.54, 1.807) is 18.2 Å². The molecular weight excluding hydrogens is 136 g/mol. The van der Waals surface area contributed by atoms with Crippen LogP contribution in [0.2, 0.25) is 0 Å². The molecule has 0 aromatic rings. The smallest absolute Gasteiger partial charge is 0.178 e. The first-order chi connectivity index (χ1) is 5.07. The van der Waals surface area contributed by atoms with Crippen molar-refractivity contribution >= 4 is 5.78 Å². The van der Waals surface area contributed by atoms with Crippen LogP contribution in [0.1, 0.15) is 27.7 Å². The molecule has 1 heteroatoms. The summed E-state index contributed by atoms with van der Waals surface area (Å²) < 4.78 is 0. The van der Waals surface area contributed by atoms with Gasteiger partial charge in [0.15, 0.2) is 5.78 Å². The summed E-state index contributed by atoms with van der Waals surface area (Å²) in [5.41, 5.74) is 1.13. The predicted octanol–water partition coefficient (Wildman–Crippen LogP) is 2.73. The highest BCUT2D eigenvalue weighted by atomic mass is 16.1. The molecule has 0 aromatic heterocycles. The number of hydrogen-bond donors (Lipinski definition) is 0. The van der Waals surface area contributed by atoms with Crippen LogP contribution in [-0.2, 0) is 4.79 Å². The topological polar surface area (TPSA) is 17.1 Å². The van der Waals surface area contributed by atoms with Crippen molar-refractivity contribution < 1.29 is 4.79 Å². The van der Waals surface area contributed by atoms with Crippen LogP contribution in [-0.4, -0.2) is 5.78 Å². The molecule has 1 nitrogen and oxygen atoms in total. The van der Waals surface area contributed by atoms with Gasteiger partial charge in [0.1, 0.15) is 0 Å². The van der Waals surface area contributed by atoms with Crippen molar-refractivity contribution in [1.29, 1.82) is 0 Å². The van der Waals surface area contributed by atoms with E-state index in [-0.39, 0.29) is 5.78 Å². The van der Waals surface area contributed by atoms with E-state index < -0.39 is 0 Å². The molecule has 0 aliphatic carbocycles. The first-order valence-electron chi connectivity index (χ1n) is 3.92. The Bertz CT molecular complexity index is 185. The maximum Gasteiger partial charge on any atom is 0.178 e. The lowest BCUT2D eigenvalue weighted by Crippen LogP contribution is -1.93. The van der Waals surface area contributed by atoms with E-state index in [0.29, 0.717) is 5.92 Å². The number of allylic oxidation sites excluding steroid dienone is 4. The molecule has 0 atom stereocenters. The van der Waals surface area contributed by atoms with Gasteiger partial charge in [0.25, 0.3) is 0 Å². The highest BCUT2D eigenvalue weighted by molar-refractivity contribution is 5.99. The third kappa shape index (κ3) is 4.54. The first-order valence-corrected chi connectivity index (χ1v) is 3.92. The summed E-state index contributed by atoms with van der Waals surface area (Å²) in [5, 5.41) is 0. The molecule has 0 radical (unpaired) electrons. The minimum absolute atomic E-state index is 0.0821. The monoisotopic (exact) mass is 152 g/mol. The summed E-state index contributed by atoms with van der Waals surface area (Å²) in [7, 11) is 0. The van der Waals surface area contributed by atoms with Gasteiger partial charge in [0.05, 0.1) is 0 Å². The van der Waals surface area contributed by atoms with E-state index in [2.05, 4.69) is 13.8 Å². The first kappa shape index (κ1) is 10.2. The second-order valence-electron chi connectivity index (χ2n) is 2.95. The Hall–Kier alpha value is -0.850. The normalized spacial score (nSPS) is 13.0. The van der Waals surface area contributed by atoms with Gasteiger partial charge in [0, 0.05) is 0 Å². The maximum absolute atomic E-state index is 11.0. The van der Waals surface area contributed by atoms with Crippen LogP contribution in [0.5, 0.6) is 0 Å². The molecule has 0 fully saturated rings. The zero-order chi connectivity index (χ0) is 8.85. The third-order valence-corrected chi connectivity index (χ3v) is 1.61. The minimum Gasteiger partial charge on any atom is -0.290 e. The molecule has 0 spiro atoms. The Morgan fingerprint density at radius 3 is 2.27 bits per heavy atom. The highest BCUT2D eigenvalue weighted by Crippen LogP contribution is 2.07. The van der Waals surface area contributed by atoms with Crippen LogP contribution in [0.15, 0.2) is 23.8 Å². The molecule has 0 aliphatic rings. The van der Waals surface area contributed by atoms with Crippen molar-refractivity contribution in [2.75, 3.05) is 0 Å². The maximum atomic E-state index is 11.0. The van der Waals surface area contributed by atoms with Gasteiger partial charge in [-0.25, -0.2) is 0 Å². The quantitative estimate of drug-likeness (QED) is 0.568. The summed E-state index contributed by atoms with van der Waals surface area (Å²) in [6, 6.07) is 0. The predicted molar refractivity (Wildman–Crippen MR) is 48.4 cm³/mol. The molecule has 0 saturated carbocycles. The van der Waals surface area contributed by atoms with E-state index in [1.807, 2.05) is 13.8 Å². The van der Waals surface area contributed by atoms with Crippen molar-refractivity contribution in [3.8, 4) is 0 Å². The van der Waals surface area contributed by atoms with Crippen LogP contribution < -0.4 is 0 Å². The van der Waals surface area contributed by atoms with E-state index in [1.165, 1.54) is 0 Å². The van der Waals surface area contributed by atoms with Crippen LogP contribution in [0.4, 0.5) is 0 Å². The third-order valence-electron chi connectivity index (χ3n) is 1.61. The fourth-order valence-corrected chi connectivity index (χ4v) is 0.603. The standard InChI is InChI=1S/C10H16O/c1-5-6-10(11)7-9(4)8(2)3/h5-8H,1-4H3/b6-5-,9-7+. The van der Waals surface area contributed by atoms with Crippen molar-refractivity contribution in [2.45, 2.75) is 27.7 Å². The average Bonchev–Trinajstić information content (AvgIpc) is 1.87. The number of carbonyl (C=O) groups excluding carboxylic acids is 1. The van der Waals surface area contributed by atoms with E-state index >= 15 is 0 Å². The summed E-state index contributed by atoms with van der Waals surface area (Å²) >= 11 is 0. The molecule has 0 aliphatic heterocycles. The SMILES string of the molecule is C/C=C\C(=O)/C=C(\C)C(C)C. The Labute approximate surface area is 68.8 Å².